The molecule has 2 aromatic carbocycles. The summed E-state index contributed by atoms with van der Waals surface area (Å²) in [5, 5.41) is 2.47. The molecule has 1 N–H and O–H groups in total. The van der Waals surface area contributed by atoms with Crippen LogP contribution in [0.3, 0.4) is 0 Å². The number of anilines is 1. The summed E-state index contributed by atoms with van der Waals surface area (Å²) in [6.45, 7) is 1.74. The Bertz CT molecular complexity index is 784. The van der Waals surface area contributed by atoms with Crippen LogP contribution in [0.2, 0.25) is 0 Å². The van der Waals surface area contributed by atoms with Gasteiger partial charge in [-0.2, -0.15) is 0 Å². The maximum atomic E-state index is 12.8. The number of nitrogens with one attached hydrogen (secondary N) is 1. The van der Waals surface area contributed by atoms with E-state index in [0.29, 0.717) is 17.0 Å². The van der Waals surface area contributed by atoms with Gasteiger partial charge in [0.25, 0.3) is 5.91 Å². The van der Waals surface area contributed by atoms with E-state index < -0.39 is 29.7 Å². The van der Waals surface area contributed by atoms with Crippen molar-refractivity contribution in [1.82, 2.24) is 0 Å². The number of benzene rings is 2. The molecule has 6 heteroatoms. The highest BCUT2D eigenvalue weighted by Crippen LogP contribution is 2.24. The Morgan fingerprint density at radius 3 is 2.38 bits per heavy atom. The first-order valence-electron chi connectivity index (χ1n) is 7.19. The lowest BCUT2D eigenvalue weighted by atomic mass is 10.1. The van der Waals surface area contributed by atoms with Gasteiger partial charge in [0.1, 0.15) is 11.6 Å². The zero-order valence-corrected chi connectivity index (χ0v) is 13.3. The first-order chi connectivity index (χ1) is 11.4. The summed E-state index contributed by atoms with van der Waals surface area (Å²) in [5.41, 5.74) is 1.28. The van der Waals surface area contributed by atoms with E-state index in [4.69, 9.17) is 4.74 Å². The van der Waals surface area contributed by atoms with Gasteiger partial charge in [0.15, 0.2) is 5.78 Å². The number of carbonyl (C=O) groups excluding carboxylic acids is 3. The normalized spacial score (nSPS) is 10.1. The van der Waals surface area contributed by atoms with Gasteiger partial charge in [-0.3, -0.25) is 14.4 Å². The van der Waals surface area contributed by atoms with Crippen LogP contribution in [0.5, 0.6) is 5.75 Å². The second-order valence-electron chi connectivity index (χ2n) is 5.12. The fourth-order valence-electron chi connectivity index (χ4n) is 2.13. The highest BCUT2D eigenvalue weighted by atomic mass is 19.1. The third-order valence-corrected chi connectivity index (χ3v) is 3.49. The minimum absolute atomic E-state index is 0.176. The fraction of sp³-hybridized carbons (Fsp3) is 0.167. The summed E-state index contributed by atoms with van der Waals surface area (Å²) in [5.74, 6) is -2.21. The van der Waals surface area contributed by atoms with Crippen molar-refractivity contribution in [2.75, 3.05) is 12.4 Å². The summed E-state index contributed by atoms with van der Waals surface area (Å²) < 4.78 is 18.0. The Morgan fingerprint density at radius 2 is 1.75 bits per heavy atom. The lowest BCUT2D eigenvalue weighted by Gasteiger charge is -2.11. The van der Waals surface area contributed by atoms with Crippen LogP contribution in [-0.4, -0.2) is 24.6 Å². The first-order valence-corrected chi connectivity index (χ1v) is 7.19. The Hall–Kier alpha value is -3.02. The molecule has 0 aliphatic rings. The molecular weight excluding hydrogens is 313 g/mol. The largest absolute Gasteiger partial charge is 0.496 e. The minimum Gasteiger partial charge on any atom is -0.496 e. The SMILES string of the molecule is COc1cccc(NC(=O)C(=O)CC(=O)c2ccc(F)cc2)c1C. The summed E-state index contributed by atoms with van der Waals surface area (Å²) in [6.07, 6.45) is -0.583. The average molecular weight is 329 g/mol. The van der Waals surface area contributed by atoms with Crippen LogP contribution in [0.15, 0.2) is 42.5 Å². The average Bonchev–Trinajstić information content (AvgIpc) is 2.57. The van der Waals surface area contributed by atoms with Crippen molar-refractivity contribution in [3.8, 4) is 5.75 Å². The standard InChI is InChI=1S/C18H16FNO4/c1-11-14(4-3-5-17(11)24-2)20-18(23)16(22)10-15(21)12-6-8-13(19)9-7-12/h3-9H,10H2,1-2H3,(H,20,23). The van der Waals surface area contributed by atoms with E-state index in [1.54, 1.807) is 25.1 Å². The van der Waals surface area contributed by atoms with E-state index in [1.807, 2.05) is 0 Å². The molecule has 0 radical (unpaired) electrons. The van der Waals surface area contributed by atoms with Crippen LogP contribution in [0, 0.1) is 12.7 Å². The van der Waals surface area contributed by atoms with E-state index in [2.05, 4.69) is 5.32 Å². The molecule has 0 unspecified atom stereocenters. The maximum absolute atomic E-state index is 12.8. The Balaban J connectivity index is 2.03. The van der Waals surface area contributed by atoms with Gasteiger partial charge < -0.3 is 10.1 Å². The molecule has 1 amide bonds. The van der Waals surface area contributed by atoms with Gasteiger partial charge in [-0.15, -0.1) is 0 Å². The molecular formula is C18H16FNO4. The maximum Gasteiger partial charge on any atom is 0.292 e. The Labute approximate surface area is 138 Å². The zero-order valence-electron chi connectivity index (χ0n) is 13.3. The second kappa shape index (κ2) is 7.50. The van der Waals surface area contributed by atoms with Gasteiger partial charge in [0.05, 0.1) is 13.5 Å². The highest BCUT2D eigenvalue weighted by molar-refractivity contribution is 6.44. The molecule has 5 nitrogen and oxygen atoms in total. The highest BCUT2D eigenvalue weighted by Gasteiger charge is 2.20. The molecule has 0 spiro atoms. The molecule has 0 heterocycles. The van der Waals surface area contributed by atoms with Crippen molar-refractivity contribution in [2.24, 2.45) is 0 Å². The number of rotatable bonds is 6. The fourth-order valence-corrected chi connectivity index (χ4v) is 2.13. The number of halogens is 1. The smallest absolute Gasteiger partial charge is 0.292 e. The summed E-state index contributed by atoms with van der Waals surface area (Å²) in [6, 6.07) is 9.82. The summed E-state index contributed by atoms with van der Waals surface area (Å²) in [7, 11) is 1.50. The van der Waals surface area contributed by atoms with E-state index in [-0.39, 0.29) is 5.56 Å². The molecule has 0 atom stereocenters. The quantitative estimate of drug-likeness (QED) is 0.502. The molecule has 24 heavy (non-hydrogen) atoms. The summed E-state index contributed by atoms with van der Waals surface area (Å²) >= 11 is 0. The molecule has 0 saturated heterocycles. The number of ether oxygens (including phenoxy) is 1. The number of Topliss-reactive ketones (excluding diaryl/α,β-unsaturated/α-hetero) is 2. The molecule has 124 valence electrons. The molecule has 0 aromatic heterocycles. The summed E-state index contributed by atoms with van der Waals surface area (Å²) in [4.78, 5) is 35.8. The third kappa shape index (κ3) is 4.04. The number of hydrogen-bond donors (Lipinski definition) is 1. The molecule has 0 bridgehead atoms. The van der Waals surface area contributed by atoms with E-state index in [0.717, 1.165) is 12.1 Å². The number of amides is 1. The zero-order chi connectivity index (χ0) is 17.7. The predicted molar refractivity (Wildman–Crippen MR) is 86.7 cm³/mol. The number of ketones is 2. The van der Waals surface area contributed by atoms with E-state index in [9.17, 15) is 18.8 Å². The van der Waals surface area contributed by atoms with Crippen LogP contribution in [0.25, 0.3) is 0 Å². The van der Waals surface area contributed by atoms with E-state index in [1.165, 1.54) is 19.2 Å². The Kier molecular flexibility index (Phi) is 5.42. The predicted octanol–water partition coefficient (Wildman–Crippen LogP) is 2.92. The lowest BCUT2D eigenvalue weighted by Crippen LogP contribution is -2.25. The molecule has 0 saturated carbocycles. The van der Waals surface area contributed by atoms with Crippen LogP contribution < -0.4 is 10.1 Å². The van der Waals surface area contributed by atoms with Crippen molar-refractivity contribution in [3.05, 3.63) is 59.4 Å². The molecule has 0 fully saturated rings. The second-order valence-corrected chi connectivity index (χ2v) is 5.12. The van der Waals surface area contributed by atoms with Gasteiger partial charge in [-0.1, -0.05) is 6.07 Å². The van der Waals surface area contributed by atoms with Gasteiger partial charge >= 0.3 is 0 Å². The third-order valence-electron chi connectivity index (χ3n) is 3.49. The van der Waals surface area contributed by atoms with Crippen LogP contribution in [-0.2, 0) is 9.59 Å². The lowest BCUT2D eigenvalue weighted by molar-refractivity contribution is -0.134. The van der Waals surface area contributed by atoms with Crippen molar-refractivity contribution >= 4 is 23.2 Å². The van der Waals surface area contributed by atoms with Gasteiger partial charge in [0, 0.05) is 16.8 Å². The van der Waals surface area contributed by atoms with Crippen molar-refractivity contribution < 1.29 is 23.5 Å². The molecule has 2 aromatic rings. The first kappa shape index (κ1) is 17.3. The van der Waals surface area contributed by atoms with Gasteiger partial charge in [-0.05, 0) is 43.3 Å². The number of carbonyl (C=O) groups is 3. The van der Waals surface area contributed by atoms with E-state index >= 15 is 0 Å². The van der Waals surface area contributed by atoms with Gasteiger partial charge in [-0.25, -0.2) is 4.39 Å². The molecule has 2 rings (SSSR count). The number of hydrogen-bond acceptors (Lipinski definition) is 4. The van der Waals surface area contributed by atoms with Crippen LogP contribution in [0.1, 0.15) is 22.3 Å². The van der Waals surface area contributed by atoms with Crippen molar-refractivity contribution in [3.63, 3.8) is 0 Å². The van der Waals surface area contributed by atoms with Crippen LogP contribution in [0.4, 0.5) is 10.1 Å². The van der Waals surface area contributed by atoms with Gasteiger partial charge in [0.2, 0.25) is 5.78 Å². The minimum atomic E-state index is -0.887. The topological polar surface area (TPSA) is 72.5 Å². The van der Waals surface area contributed by atoms with Crippen molar-refractivity contribution in [1.29, 1.82) is 0 Å². The monoisotopic (exact) mass is 329 g/mol. The molecule has 0 aliphatic carbocycles. The Morgan fingerprint density at radius 1 is 1.08 bits per heavy atom. The van der Waals surface area contributed by atoms with Crippen molar-refractivity contribution in [2.45, 2.75) is 13.3 Å². The number of methoxy groups -OCH3 is 1. The molecule has 0 aliphatic heterocycles. The van der Waals surface area contributed by atoms with Crippen LogP contribution >= 0.6 is 0 Å².